The second-order valence-electron chi connectivity index (χ2n) is 6.79. The third-order valence-corrected chi connectivity index (χ3v) is 6.65. The average molecular weight is 455 g/mol. The van der Waals surface area contributed by atoms with Crippen molar-refractivity contribution in [2.45, 2.75) is 26.8 Å². The standard InChI is InChI=1S/C23H22N2O4S2/c1-4-28-17-11-7-6-10-16(17)20-19(22(27)29-5-2)14(3)24-23-25(20)21(26)18(31-23)13-15-9-8-12-30-15/h6-13,20H,4-5H2,1-3H3/b18-13-/t20-/m1/s1. The molecule has 0 amide bonds. The Morgan fingerprint density at radius 3 is 2.71 bits per heavy atom. The first-order valence-corrected chi connectivity index (χ1v) is 11.7. The second kappa shape index (κ2) is 9.03. The highest BCUT2D eigenvalue weighted by Crippen LogP contribution is 2.35. The molecule has 0 saturated heterocycles. The molecular formula is C23H22N2O4S2. The molecule has 4 rings (SSSR count). The van der Waals surface area contributed by atoms with Crippen LogP contribution in [0.4, 0.5) is 0 Å². The van der Waals surface area contributed by atoms with Crippen molar-refractivity contribution in [3.05, 3.63) is 83.2 Å². The number of para-hydroxylation sites is 1. The van der Waals surface area contributed by atoms with Crippen LogP contribution in [-0.2, 0) is 9.53 Å². The van der Waals surface area contributed by atoms with E-state index in [1.165, 1.54) is 11.3 Å². The van der Waals surface area contributed by atoms with Crippen LogP contribution in [0.1, 0.15) is 37.3 Å². The van der Waals surface area contributed by atoms with Crippen molar-refractivity contribution in [1.29, 1.82) is 0 Å². The number of ether oxygens (including phenoxy) is 2. The van der Waals surface area contributed by atoms with Crippen molar-refractivity contribution in [3.63, 3.8) is 0 Å². The van der Waals surface area contributed by atoms with Gasteiger partial charge in [0.25, 0.3) is 5.56 Å². The van der Waals surface area contributed by atoms with Gasteiger partial charge in [-0.3, -0.25) is 9.36 Å². The second-order valence-corrected chi connectivity index (χ2v) is 8.78. The molecule has 0 N–H and O–H groups in total. The largest absolute Gasteiger partial charge is 0.494 e. The Bertz CT molecular complexity index is 1320. The van der Waals surface area contributed by atoms with Gasteiger partial charge >= 0.3 is 5.97 Å². The molecule has 1 atom stereocenters. The lowest BCUT2D eigenvalue weighted by atomic mass is 9.95. The van der Waals surface area contributed by atoms with Gasteiger partial charge in [-0.25, -0.2) is 9.79 Å². The fourth-order valence-electron chi connectivity index (χ4n) is 3.58. The number of rotatable bonds is 6. The molecule has 0 spiro atoms. The Hall–Kier alpha value is -2.97. The first-order chi connectivity index (χ1) is 15.0. The van der Waals surface area contributed by atoms with E-state index in [4.69, 9.17) is 9.47 Å². The molecule has 8 heteroatoms. The molecule has 3 aromatic rings. The fourth-order valence-corrected chi connectivity index (χ4v) is 5.35. The van der Waals surface area contributed by atoms with Gasteiger partial charge in [0.2, 0.25) is 0 Å². The summed E-state index contributed by atoms with van der Waals surface area (Å²) in [5, 5.41) is 1.97. The lowest BCUT2D eigenvalue weighted by Gasteiger charge is -2.26. The molecule has 31 heavy (non-hydrogen) atoms. The molecule has 0 unspecified atom stereocenters. The number of thiazole rings is 1. The summed E-state index contributed by atoms with van der Waals surface area (Å²) in [5.74, 6) is 0.145. The summed E-state index contributed by atoms with van der Waals surface area (Å²) in [6.45, 7) is 6.13. The number of carbonyl (C=O) groups is 1. The van der Waals surface area contributed by atoms with Crippen molar-refractivity contribution >= 4 is 34.7 Å². The van der Waals surface area contributed by atoms with Gasteiger partial charge in [-0.1, -0.05) is 35.6 Å². The minimum atomic E-state index is -0.677. The van der Waals surface area contributed by atoms with Gasteiger partial charge in [0, 0.05) is 10.4 Å². The Kier molecular flexibility index (Phi) is 6.20. The highest BCUT2D eigenvalue weighted by atomic mass is 32.1. The molecule has 0 saturated carbocycles. The van der Waals surface area contributed by atoms with Gasteiger partial charge in [-0.05, 0) is 44.4 Å². The van der Waals surface area contributed by atoms with Crippen LogP contribution in [0, 0.1) is 0 Å². The molecule has 1 aromatic carbocycles. The SMILES string of the molecule is CCOC(=O)C1=C(C)N=c2s/c(=C\c3cccs3)c(=O)n2[C@@H]1c1ccccc1OCC. The minimum absolute atomic E-state index is 0.192. The maximum Gasteiger partial charge on any atom is 0.338 e. The third kappa shape index (κ3) is 4.00. The van der Waals surface area contributed by atoms with Gasteiger partial charge in [0.15, 0.2) is 4.80 Å². The van der Waals surface area contributed by atoms with Crippen molar-refractivity contribution < 1.29 is 14.3 Å². The van der Waals surface area contributed by atoms with Gasteiger partial charge in [-0.15, -0.1) is 11.3 Å². The first-order valence-electron chi connectivity index (χ1n) is 10.00. The number of allylic oxidation sites excluding steroid dienone is 1. The Labute approximate surface area is 187 Å². The number of thiophene rings is 1. The van der Waals surface area contributed by atoms with Crippen LogP contribution in [0.3, 0.4) is 0 Å². The molecule has 3 heterocycles. The topological polar surface area (TPSA) is 69.9 Å². The van der Waals surface area contributed by atoms with Crippen molar-refractivity contribution in [2.24, 2.45) is 4.99 Å². The number of fused-ring (bicyclic) bond motifs is 1. The Balaban J connectivity index is 2.00. The van der Waals surface area contributed by atoms with E-state index < -0.39 is 12.0 Å². The summed E-state index contributed by atoms with van der Waals surface area (Å²) in [6, 6.07) is 10.7. The van der Waals surface area contributed by atoms with E-state index in [9.17, 15) is 9.59 Å². The molecule has 160 valence electrons. The molecule has 6 nitrogen and oxygen atoms in total. The minimum Gasteiger partial charge on any atom is -0.494 e. The molecular weight excluding hydrogens is 432 g/mol. The molecule has 1 aliphatic rings. The lowest BCUT2D eigenvalue weighted by Crippen LogP contribution is -2.40. The predicted molar refractivity (Wildman–Crippen MR) is 122 cm³/mol. The van der Waals surface area contributed by atoms with Crippen molar-refractivity contribution in [2.75, 3.05) is 13.2 Å². The van der Waals surface area contributed by atoms with Crippen LogP contribution in [0.5, 0.6) is 5.75 Å². The van der Waals surface area contributed by atoms with Gasteiger partial charge in [0.1, 0.15) is 11.8 Å². The van der Waals surface area contributed by atoms with Crippen LogP contribution in [0.2, 0.25) is 0 Å². The molecule has 1 aliphatic heterocycles. The number of nitrogens with zero attached hydrogens (tertiary/aromatic N) is 2. The van der Waals surface area contributed by atoms with Crippen LogP contribution in [-0.4, -0.2) is 23.8 Å². The summed E-state index contributed by atoms with van der Waals surface area (Å²) < 4.78 is 13.3. The number of aromatic nitrogens is 1. The maximum absolute atomic E-state index is 13.5. The van der Waals surface area contributed by atoms with Crippen LogP contribution in [0.15, 0.2) is 62.8 Å². The van der Waals surface area contributed by atoms with E-state index in [0.29, 0.717) is 33.0 Å². The smallest absolute Gasteiger partial charge is 0.338 e. The van der Waals surface area contributed by atoms with E-state index in [1.807, 2.05) is 54.8 Å². The summed E-state index contributed by atoms with van der Waals surface area (Å²) in [6.07, 6.45) is 1.86. The molecule has 0 aliphatic carbocycles. The summed E-state index contributed by atoms with van der Waals surface area (Å²) in [5.41, 5.74) is 1.43. The lowest BCUT2D eigenvalue weighted by molar-refractivity contribution is -0.139. The van der Waals surface area contributed by atoms with Gasteiger partial charge < -0.3 is 9.47 Å². The molecule has 2 aromatic heterocycles. The number of esters is 1. The van der Waals surface area contributed by atoms with E-state index >= 15 is 0 Å². The monoisotopic (exact) mass is 454 g/mol. The maximum atomic E-state index is 13.5. The van der Waals surface area contributed by atoms with E-state index in [1.54, 1.807) is 29.8 Å². The quantitative estimate of drug-likeness (QED) is 0.536. The van der Waals surface area contributed by atoms with Crippen molar-refractivity contribution in [3.8, 4) is 5.75 Å². The van der Waals surface area contributed by atoms with Gasteiger partial charge in [0.05, 0.1) is 29.0 Å². The van der Waals surface area contributed by atoms with Crippen LogP contribution in [0.25, 0.3) is 6.08 Å². The van der Waals surface area contributed by atoms with Crippen LogP contribution < -0.4 is 19.6 Å². The summed E-state index contributed by atoms with van der Waals surface area (Å²) in [4.78, 5) is 32.6. The van der Waals surface area contributed by atoms with Crippen molar-refractivity contribution in [1.82, 2.24) is 4.57 Å². The summed E-state index contributed by atoms with van der Waals surface area (Å²) in [7, 11) is 0. The van der Waals surface area contributed by atoms with Crippen LogP contribution >= 0.6 is 22.7 Å². The van der Waals surface area contributed by atoms with E-state index in [0.717, 1.165) is 10.4 Å². The number of hydrogen-bond donors (Lipinski definition) is 0. The number of benzene rings is 1. The van der Waals surface area contributed by atoms with Gasteiger partial charge in [-0.2, -0.15) is 0 Å². The van der Waals surface area contributed by atoms with E-state index in [-0.39, 0.29) is 12.2 Å². The zero-order valence-electron chi connectivity index (χ0n) is 17.5. The molecule has 0 bridgehead atoms. The first kappa shape index (κ1) is 21.3. The fraction of sp³-hybridized carbons (Fsp3) is 0.261. The number of carbonyl (C=O) groups excluding carboxylic acids is 1. The number of hydrogen-bond acceptors (Lipinski definition) is 7. The third-order valence-electron chi connectivity index (χ3n) is 4.85. The Morgan fingerprint density at radius 1 is 1.19 bits per heavy atom. The normalized spacial score (nSPS) is 16.1. The highest BCUT2D eigenvalue weighted by molar-refractivity contribution is 7.11. The molecule has 0 radical (unpaired) electrons. The average Bonchev–Trinajstić information content (AvgIpc) is 3.36. The summed E-state index contributed by atoms with van der Waals surface area (Å²) >= 11 is 2.88. The molecule has 0 fully saturated rings. The zero-order valence-corrected chi connectivity index (χ0v) is 19.1. The predicted octanol–water partition coefficient (Wildman–Crippen LogP) is 3.26. The van der Waals surface area contributed by atoms with E-state index in [2.05, 4.69) is 4.99 Å². The Morgan fingerprint density at radius 2 is 2.00 bits per heavy atom. The zero-order chi connectivity index (χ0) is 22.0. The highest BCUT2D eigenvalue weighted by Gasteiger charge is 2.34.